The summed E-state index contributed by atoms with van der Waals surface area (Å²) in [6.45, 7) is 0.704. The number of carbonyl (C=O) groups is 1. The van der Waals surface area contributed by atoms with Gasteiger partial charge in [-0.2, -0.15) is 0 Å². The van der Waals surface area contributed by atoms with Crippen molar-refractivity contribution in [3.63, 3.8) is 0 Å². The lowest BCUT2D eigenvalue weighted by Crippen LogP contribution is -2.28. The average molecular weight is 225 g/mol. The van der Waals surface area contributed by atoms with Gasteiger partial charge in [-0.25, -0.2) is 4.39 Å². The molecule has 0 saturated carbocycles. The van der Waals surface area contributed by atoms with Crippen LogP contribution >= 0.6 is 0 Å². The molecule has 1 amide bonds. The predicted octanol–water partition coefficient (Wildman–Crippen LogP) is 1.52. The van der Waals surface area contributed by atoms with Crippen LogP contribution in [-0.4, -0.2) is 26.2 Å². The number of amides is 1. The first kappa shape index (κ1) is 12.6. The van der Waals surface area contributed by atoms with Crippen molar-refractivity contribution in [2.75, 3.05) is 20.3 Å². The Bertz CT molecular complexity index is 324. The molecule has 1 aromatic rings. The Hall–Kier alpha value is -1.42. The molecule has 4 heteroatoms. The van der Waals surface area contributed by atoms with Crippen molar-refractivity contribution < 1.29 is 13.9 Å². The molecule has 3 nitrogen and oxygen atoms in total. The summed E-state index contributed by atoms with van der Waals surface area (Å²) in [5, 5.41) is 2.73. The minimum Gasteiger partial charge on any atom is -0.375 e. The van der Waals surface area contributed by atoms with E-state index in [2.05, 4.69) is 10.1 Å². The Morgan fingerprint density at radius 2 is 2.06 bits per heavy atom. The summed E-state index contributed by atoms with van der Waals surface area (Å²) in [5.41, 5.74) is 1.07. The first-order valence-electron chi connectivity index (χ1n) is 5.22. The first-order valence-corrected chi connectivity index (χ1v) is 5.22. The van der Waals surface area contributed by atoms with Gasteiger partial charge in [0.15, 0.2) is 0 Å². The summed E-state index contributed by atoms with van der Waals surface area (Å²) >= 11 is 0. The van der Waals surface area contributed by atoms with Crippen LogP contribution in [0.5, 0.6) is 0 Å². The van der Waals surface area contributed by atoms with Crippen molar-refractivity contribution in [3.8, 4) is 0 Å². The Labute approximate surface area is 94.6 Å². The summed E-state index contributed by atoms with van der Waals surface area (Å²) < 4.78 is 17.3. The largest absolute Gasteiger partial charge is 0.375 e. The number of nitrogens with one attached hydrogen (secondary N) is 1. The van der Waals surface area contributed by atoms with Gasteiger partial charge in [-0.1, -0.05) is 12.1 Å². The van der Waals surface area contributed by atoms with Gasteiger partial charge in [0, 0.05) is 13.7 Å². The van der Waals surface area contributed by atoms with E-state index in [1.165, 1.54) is 19.2 Å². The molecule has 1 N–H and O–H groups in total. The van der Waals surface area contributed by atoms with Crippen molar-refractivity contribution >= 4 is 5.91 Å². The molecule has 0 saturated heterocycles. The molecule has 0 aliphatic rings. The van der Waals surface area contributed by atoms with Gasteiger partial charge < -0.3 is 10.1 Å². The van der Waals surface area contributed by atoms with E-state index in [1.54, 1.807) is 12.1 Å². The SMILES string of the molecule is COCC(=O)NCCCc1ccc(F)cc1. The highest BCUT2D eigenvalue weighted by Gasteiger charge is 1.99. The molecule has 0 unspecified atom stereocenters. The van der Waals surface area contributed by atoms with Gasteiger partial charge in [0.2, 0.25) is 5.91 Å². The molecule has 0 heterocycles. The fraction of sp³-hybridized carbons (Fsp3) is 0.417. The zero-order valence-electron chi connectivity index (χ0n) is 9.33. The minimum atomic E-state index is -0.225. The Morgan fingerprint density at radius 3 is 2.69 bits per heavy atom. The molecule has 0 atom stereocenters. The molecule has 0 radical (unpaired) electrons. The number of aryl methyl sites for hydroxylation is 1. The van der Waals surface area contributed by atoms with Crippen molar-refractivity contribution in [2.45, 2.75) is 12.8 Å². The van der Waals surface area contributed by atoms with Crippen molar-refractivity contribution in [2.24, 2.45) is 0 Å². The molecular weight excluding hydrogens is 209 g/mol. The summed E-state index contributed by atoms with van der Waals surface area (Å²) in [4.78, 5) is 11.0. The topological polar surface area (TPSA) is 38.3 Å². The van der Waals surface area contributed by atoms with Gasteiger partial charge in [0.1, 0.15) is 12.4 Å². The van der Waals surface area contributed by atoms with E-state index in [1.807, 2.05) is 0 Å². The highest BCUT2D eigenvalue weighted by Crippen LogP contribution is 2.04. The fourth-order valence-electron chi connectivity index (χ4n) is 1.35. The van der Waals surface area contributed by atoms with Crippen molar-refractivity contribution in [1.29, 1.82) is 0 Å². The quantitative estimate of drug-likeness (QED) is 0.745. The smallest absolute Gasteiger partial charge is 0.245 e. The van der Waals surface area contributed by atoms with E-state index in [9.17, 15) is 9.18 Å². The molecule has 16 heavy (non-hydrogen) atoms. The van der Waals surface area contributed by atoms with Crippen LogP contribution in [-0.2, 0) is 16.0 Å². The number of benzene rings is 1. The van der Waals surface area contributed by atoms with E-state index >= 15 is 0 Å². The molecule has 0 fully saturated rings. The third kappa shape index (κ3) is 4.89. The first-order chi connectivity index (χ1) is 7.72. The normalized spacial score (nSPS) is 10.1. The molecule has 1 rings (SSSR count). The fourth-order valence-corrected chi connectivity index (χ4v) is 1.35. The zero-order valence-corrected chi connectivity index (χ0v) is 9.33. The molecule has 0 bridgehead atoms. The van der Waals surface area contributed by atoms with Crippen LogP contribution in [0.4, 0.5) is 4.39 Å². The second kappa shape index (κ2) is 6.95. The molecule has 0 aliphatic carbocycles. The second-order valence-corrected chi connectivity index (χ2v) is 3.51. The summed E-state index contributed by atoms with van der Waals surface area (Å²) in [7, 11) is 1.48. The lowest BCUT2D eigenvalue weighted by molar-refractivity contribution is -0.124. The maximum atomic E-state index is 12.6. The molecular formula is C12H16FNO2. The van der Waals surface area contributed by atoms with Gasteiger partial charge in [0.05, 0.1) is 0 Å². The van der Waals surface area contributed by atoms with Gasteiger partial charge in [-0.3, -0.25) is 4.79 Å². The van der Waals surface area contributed by atoms with Crippen molar-refractivity contribution in [3.05, 3.63) is 35.6 Å². The molecule has 88 valence electrons. The summed E-state index contributed by atoms with van der Waals surface area (Å²) in [6.07, 6.45) is 1.66. The Kier molecular flexibility index (Phi) is 5.50. The van der Waals surface area contributed by atoms with Crippen molar-refractivity contribution in [1.82, 2.24) is 5.32 Å². The van der Waals surface area contributed by atoms with E-state index in [0.717, 1.165) is 18.4 Å². The van der Waals surface area contributed by atoms with Gasteiger partial charge >= 0.3 is 0 Å². The number of rotatable bonds is 6. The lowest BCUT2D eigenvalue weighted by atomic mass is 10.1. The van der Waals surface area contributed by atoms with Crippen LogP contribution in [0.2, 0.25) is 0 Å². The molecule has 1 aromatic carbocycles. The number of methoxy groups -OCH3 is 1. The highest BCUT2D eigenvalue weighted by atomic mass is 19.1. The third-order valence-electron chi connectivity index (χ3n) is 2.15. The second-order valence-electron chi connectivity index (χ2n) is 3.51. The van der Waals surface area contributed by atoms with Crippen LogP contribution in [0.15, 0.2) is 24.3 Å². The lowest BCUT2D eigenvalue weighted by Gasteiger charge is -2.04. The van der Waals surface area contributed by atoms with E-state index in [-0.39, 0.29) is 18.3 Å². The van der Waals surface area contributed by atoms with Crippen LogP contribution in [0.3, 0.4) is 0 Å². The van der Waals surface area contributed by atoms with Gasteiger partial charge in [-0.15, -0.1) is 0 Å². The number of carbonyl (C=O) groups excluding carboxylic acids is 1. The number of ether oxygens (including phenoxy) is 1. The third-order valence-corrected chi connectivity index (χ3v) is 2.15. The van der Waals surface area contributed by atoms with Crippen LogP contribution in [0, 0.1) is 5.82 Å². The van der Waals surface area contributed by atoms with Gasteiger partial charge in [0.25, 0.3) is 0 Å². The monoisotopic (exact) mass is 225 g/mol. The molecule has 0 aromatic heterocycles. The average Bonchev–Trinajstić information content (AvgIpc) is 2.27. The molecule has 0 spiro atoms. The van der Waals surface area contributed by atoms with Gasteiger partial charge in [-0.05, 0) is 30.5 Å². The van der Waals surface area contributed by atoms with E-state index in [4.69, 9.17) is 0 Å². The van der Waals surface area contributed by atoms with Crippen LogP contribution in [0.25, 0.3) is 0 Å². The molecule has 0 aliphatic heterocycles. The zero-order chi connectivity index (χ0) is 11.8. The highest BCUT2D eigenvalue weighted by molar-refractivity contribution is 5.77. The summed E-state index contributed by atoms with van der Waals surface area (Å²) in [6, 6.07) is 6.40. The predicted molar refractivity (Wildman–Crippen MR) is 59.6 cm³/mol. The Balaban J connectivity index is 2.16. The number of hydrogen-bond acceptors (Lipinski definition) is 2. The van der Waals surface area contributed by atoms with Crippen LogP contribution in [0.1, 0.15) is 12.0 Å². The maximum absolute atomic E-state index is 12.6. The Morgan fingerprint density at radius 1 is 1.38 bits per heavy atom. The number of hydrogen-bond donors (Lipinski definition) is 1. The van der Waals surface area contributed by atoms with Crippen LogP contribution < -0.4 is 5.32 Å². The summed E-state index contributed by atoms with van der Waals surface area (Å²) in [5.74, 6) is -0.334. The minimum absolute atomic E-state index is 0.0938. The standard InChI is InChI=1S/C12H16FNO2/c1-16-9-12(15)14-8-2-3-10-4-6-11(13)7-5-10/h4-7H,2-3,8-9H2,1H3,(H,14,15). The number of halogens is 1. The maximum Gasteiger partial charge on any atom is 0.245 e. The van der Waals surface area contributed by atoms with E-state index < -0.39 is 0 Å². The van der Waals surface area contributed by atoms with E-state index in [0.29, 0.717) is 6.54 Å².